The largest absolute Gasteiger partial charge is 0.390 e. The Morgan fingerprint density at radius 3 is 2.67 bits per heavy atom. The van der Waals surface area contributed by atoms with Gasteiger partial charge in [-0.05, 0) is 36.5 Å². The summed E-state index contributed by atoms with van der Waals surface area (Å²) in [6, 6.07) is 3.45. The number of halogens is 2. The van der Waals surface area contributed by atoms with Crippen molar-refractivity contribution in [1.29, 1.82) is 0 Å². The van der Waals surface area contributed by atoms with E-state index in [4.69, 9.17) is 11.6 Å². The summed E-state index contributed by atoms with van der Waals surface area (Å²) in [5, 5.41) is 9.91. The minimum Gasteiger partial charge on any atom is -0.390 e. The van der Waals surface area contributed by atoms with Gasteiger partial charge in [0.05, 0.1) is 10.6 Å². The molecule has 0 unspecified atom stereocenters. The minimum atomic E-state index is -0.670. The lowest BCUT2D eigenvalue weighted by molar-refractivity contribution is 0.149. The fraction of sp³-hybridized carbons (Fsp3) is 0.500. The zero-order valence-electron chi connectivity index (χ0n) is 8.69. The summed E-state index contributed by atoms with van der Waals surface area (Å²) < 4.78 is 13.6. The van der Waals surface area contributed by atoms with Crippen molar-refractivity contribution in [3.8, 4) is 0 Å². The Morgan fingerprint density at radius 2 is 2.13 bits per heavy atom. The zero-order valence-corrected chi connectivity index (χ0v) is 9.44. The van der Waals surface area contributed by atoms with Crippen molar-refractivity contribution in [1.82, 2.24) is 0 Å². The van der Waals surface area contributed by atoms with Gasteiger partial charge in [0, 0.05) is 6.42 Å². The van der Waals surface area contributed by atoms with Gasteiger partial charge < -0.3 is 5.11 Å². The standard InChI is InChI=1S/C12H14ClFO/c1-2-8-5-9(7-12(15)3-4-12)11(14)10(13)6-8/h5-6,15H,2-4,7H2,1H3. The van der Waals surface area contributed by atoms with E-state index in [0.717, 1.165) is 24.8 Å². The van der Waals surface area contributed by atoms with Crippen LogP contribution in [0.2, 0.25) is 5.02 Å². The van der Waals surface area contributed by atoms with E-state index in [1.165, 1.54) is 0 Å². The van der Waals surface area contributed by atoms with Crippen LogP contribution in [0.1, 0.15) is 30.9 Å². The summed E-state index contributed by atoms with van der Waals surface area (Å²) in [5.74, 6) is -0.380. The smallest absolute Gasteiger partial charge is 0.145 e. The van der Waals surface area contributed by atoms with Crippen LogP contribution in [0.4, 0.5) is 4.39 Å². The van der Waals surface area contributed by atoms with Crippen molar-refractivity contribution in [2.24, 2.45) is 0 Å². The van der Waals surface area contributed by atoms with E-state index < -0.39 is 5.60 Å². The highest BCUT2D eigenvalue weighted by Crippen LogP contribution is 2.39. The molecular formula is C12H14ClFO. The maximum absolute atomic E-state index is 13.6. The maximum Gasteiger partial charge on any atom is 0.145 e. The molecule has 0 radical (unpaired) electrons. The molecule has 0 heterocycles. The molecule has 0 bridgehead atoms. The van der Waals surface area contributed by atoms with Crippen LogP contribution in [-0.4, -0.2) is 10.7 Å². The van der Waals surface area contributed by atoms with E-state index in [0.29, 0.717) is 12.0 Å². The molecule has 0 aromatic heterocycles. The van der Waals surface area contributed by atoms with Crippen LogP contribution in [0.15, 0.2) is 12.1 Å². The predicted octanol–water partition coefficient (Wildman–Crippen LogP) is 3.11. The summed E-state index contributed by atoms with van der Waals surface area (Å²) in [6.45, 7) is 2.00. The molecule has 0 saturated heterocycles. The molecule has 1 aromatic rings. The molecule has 3 heteroatoms. The molecule has 1 aromatic carbocycles. The summed E-state index contributed by atoms with van der Waals surface area (Å²) in [5.41, 5.74) is 0.885. The summed E-state index contributed by atoms with van der Waals surface area (Å²) in [6.07, 6.45) is 2.73. The van der Waals surface area contributed by atoms with Gasteiger partial charge in [-0.25, -0.2) is 4.39 Å². The van der Waals surface area contributed by atoms with Crippen LogP contribution in [0.25, 0.3) is 0 Å². The Morgan fingerprint density at radius 1 is 1.47 bits per heavy atom. The SMILES string of the molecule is CCc1cc(Cl)c(F)c(CC2(O)CC2)c1. The van der Waals surface area contributed by atoms with Crippen molar-refractivity contribution in [2.75, 3.05) is 0 Å². The first kappa shape index (κ1) is 10.9. The number of hydrogen-bond donors (Lipinski definition) is 1. The van der Waals surface area contributed by atoms with Crippen LogP contribution >= 0.6 is 11.6 Å². The number of rotatable bonds is 3. The number of benzene rings is 1. The van der Waals surface area contributed by atoms with Gasteiger partial charge in [0.1, 0.15) is 5.82 Å². The molecule has 1 N–H and O–H groups in total. The first-order valence-electron chi connectivity index (χ1n) is 5.23. The van der Waals surface area contributed by atoms with Crippen LogP contribution in [0.3, 0.4) is 0 Å². The lowest BCUT2D eigenvalue weighted by Crippen LogP contribution is -2.12. The van der Waals surface area contributed by atoms with Crippen molar-refractivity contribution in [3.05, 3.63) is 34.1 Å². The van der Waals surface area contributed by atoms with Crippen LogP contribution in [0, 0.1) is 5.82 Å². The summed E-state index contributed by atoms with van der Waals surface area (Å²) >= 11 is 5.79. The maximum atomic E-state index is 13.6. The van der Waals surface area contributed by atoms with E-state index in [-0.39, 0.29) is 10.8 Å². The Hall–Kier alpha value is -0.600. The molecular weight excluding hydrogens is 215 g/mol. The third-order valence-electron chi connectivity index (χ3n) is 2.92. The van der Waals surface area contributed by atoms with Gasteiger partial charge in [0.15, 0.2) is 0 Å². The Balaban J connectivity index is 2.31. The molecule has 1 aliphatic carbocycles. The normalized spacial score (nSPS) is 17.9. The van der Waals surface area contributed by atoms with E-state index in [1.807, 2.05) is 6.92 Å². The summed E-state index contributed by atoms with van der Waals surface area (Å²) in [7, 11) is 0. The van der Waals surface area contributed by atoms with Crippen molar-refractivity contribution >= 4 is 11.6 Å². The van der Waals surface area contributed by atoms with Gasteiger partial charge >= 0.3 is 0 Å². The number of hydrogen-bond acceptors (Lipinski definition) is 1. The first-order valence-corrected chi connectivity index (χ1v) is 5.61. The van der Waals surface area contributed by atoms with Crippen molar-refractivity contribution in [2.45, 2.75) is 38.2 Å². The monoisotopic (exact) mass is 228 g/mol. The quantitative estimate of drug-likeness (QED) is 0.843. The highest BCUT2D eigenvalue weighted by Gasteiger charge is 2.40. The molecule has 1 fully saturated rings. The Labute approximate surface area is 93.9 Å². The van der Waals surface area contributed by atoms with Gasteiger partial charge in [0.25, 0.3) is 0 Å². The highest BCUT2D eigenvalue weighted by atomic mass is 35.5. The van der Waals surface area contributed by atoms with Crippen LogP contribution < -0.4 is 0 Å². The molecule has 0 amide bonds. The van der Waals surface area contributed by atoms with Crippen LogP contribution in [-0.2, 0) is 12.8 Å². The number of aliphatic hydroxyl groups is 1. The lowest BCUT2D eigenvalue weighted by Gasteiger charge is -2.11. The second kappa shape index (κ2) is 3.76. The summed E-state index contributed by atoms with van der Waals surface area (Å²) in [4.78, 5) is 0. The topological polar surface area (TPSA) is 20.2 Å². The van der Waals surface area contributed by atoms with Gasteiger partial charge in [-0.3, -0.25) is 0 Å². The third-order valence-corrected chi connectivity index (χ3v) is 3.19. The van der Waals surface area contributed by atoms with Crippen LogP contribution in [0.5, 0.6) is 0 Å². The molecule has 0 atom stereocenters. The average molecular weight is 229 g/mol. The fourth-order valence-corrected chi connectivity index (χ4v) is 1.98. The van der Waals surface area contributed by atoms with Gasteiger partial charge in [-0.15, -0.1) is 0 Å². The molecule has 1 aliphatic rings. The lowest BCUT2D eigenvalue weighted by atomic mass is 10.0. The predicted molar refractivity (Wildman–Crippen MR) is 58.7 cm³/mol. The fourth-order valence-electron chi connectivity index (χ4n) is 1.72. The van der Waals surface area contributed by atoms with E-state index >= 15 is 0 Å². The second-order valence-electron chi connectivity index (χ2n) is 4.31. The zero-order chi connectivity index (χ0) is 11.1. The number of aryl methyl sites for hydroxylation is 1. The second-order valence-corrected chi connectivity index (χ2v) is 4.71. The Bertz CT molecular complexity index is 385. The van der Waals surface area contributed by atoms with Gasteiger partial charge in [0.2, 0.25) is 0 Å². The molecule has 0 spiro atoms. The molecule has 1 nitrogen and oxygen atoms in total. The molecule has 0 aliphatic heterocycles. The molecule has 2 rings (SSSR count). The van der Waals surface area contributed by atoms with E-state index in [9.17, 15) is 9.50 Å². The third kappa shape index (κ3) is 2.32. The first-order chi connectivity index (χ1) is 7.04. The van der Waals surface area contributed by atoms with E-state index in [1.54, 1.807) is 12.1 Å². The van der Waals surface area contributed by atoms with E-state index in [2.05, 4.69) is 0 Å². The van der Waals surface area contributed by atoms with Crippen molar-refractivity contribution < 1.29 is 9.50 Å². The van der Waals surface area contributed by atoms with Gasteiger partial charge in [-0.1, -0.05) is 24.6 Å². The Kier molecular flexibility index (Phi) is 2.73. The highest BCUT2D eigenvalue weighted by molar-refractivity contribution is 6.30. The van der Waals surface area contributed by atoms with Gasteiger partial charge in [-0.2, -0.15) is 0 Å². The molecule has 15 heavy (non-hydrogen) atoms. The van der Waals surface area contributed by atoms with Crippen molar-refractivity contribution in [3.63, 3.8) is 0 Å². The molecule has 1 saturated carbocycles. The average Bonchev–Trinajstić information content (AvgIpc) is 2.91. The molecule has 82 valence electrons. The minimum absolute atomic E-state index is 0.161.